The summed E-state index contributed by atoms with van der Waals surface area (Å²) in [4.78, 5) is 12.0. The van der Waals surface area contributed by atoms with Crippen LogP contribution in [0, 0.1) is 6.92 Å². The molecular weight excluding hydrogens is 174 g/mol. The van der Waals surface area contributed by atoms with Gasteiger partial charge in [-0.3, -0.25) is 4.98 Å². The van der Waals surface area contributed by atoms with E-state index in [2.05, 4.69) is 41.8 Å². The third-order valence-corrected chi connectivity index (χ3v) is 2.25. The van der Waals surface area contributed by atoms with Gasteiger partial charge in [-0.15, -0.1) is 0 Å². The highest BCUT2D eigenvalue weighted by Gasteiger charge is 2.16. The molecule has 3 nitrogen and oxygen atoms in total. The van der Waals surface area contributed by atoms with Crippen LogP contribution in [0.5, 0.6) is 0 Å². The Balaban J connectivity index is 2.62. The summed E-state index contributed by atoms with van der Waals surface area (Å²) in [5, 5.41) is 0. The fourth-order valence-electron chi connectivity index (χ4n) is 1.45. The molecule has 2 aromatic heterocycles. The van der Waals surface area contributed by atoms with E-state index in [0.717, 1.165) is 22.6 Å². The molecule has 3 heteroatoms. The van der Waals surface area contributed by atoms with Crippen molar-refractivity contribution < 1.29 is 0 Å². The molecule has 0 spiro atoms. The Morgan fingerprint density at radius 3 is 2.64 bits per heavy atom. The second-order valence-corrected chi connectivity index (χ2v) is 4.66. The van der Waals surface area contributed by atoms with Gasteiger partial charge in [0.15, 0.2) is 0 Å². The first-order valence-corrected chi connectivity index (χ1v) is 4.80. The Kier molecular flexibility index (Phi) is 1.84. The van der Waals surface area contributed by atoms with E-state index in [4.69, 9.17) is 0 Å². The van der Waals surface area contributed by atoms with Crippen LogP contribution in [0.3, 0.4) is 0 Å². The molecule has 2 heterocycles. The molecule has 0 unspecified atom stereocenters. The molecule has 0 aliphatic heterocycles. The van der Waals surface area contributed by atoms with E-state index < -0.39 is 0 Å². The number of fused-ring (bicyclic) bond motifs is 1. The van der Waals surface area contributed by atoms with Gasteiger partial charge >= 0.3 is 0 Å². The highest BCUT2D eigenvalue weighted by molar-refractivity contribution is 5.74. The lowest BCUT2D eigenvalue weighted by molar-refractivity contribution is 0.570. The third kappa shape index (κ3) is 1.50. The number of aryl methyl sites for hydroxylation is 1. The lowest BCUT2D eigenvalue weighted by atomic mass is 9.91. The van der Waals surface area contributed by atoms with Crippen LogP contribution in [0.4, 0.5) is 0 Å². The number of hydrogen-bond acceptors (Lipinski definition) is 2. The lowest BCUT2D eigenvalue weighted by Gasteiger charge is -2.16. The van der Waals surface area contributed by atoms with Gasteiger partial charge < -0.3 is 4.98 Å². The van der Waals surface area contributed by atoms with E-state index in [9.17, 15) is 0 Å². The van der Waals surface area contributed by atoms with Crippen LogP contribution >= 0.6 is 0 Å². The highest BCUT2D eigenvalue weighted by atomic mass is 14.9. The smallest absolute Gasteiger partial charge is 0.104 e. The Morgan fingerprint density at radius 1 is 1.29 bits per heavy atom. The average Bonchev–Trinajstić information content (AvgIpc) is 2.41. The summed E-state index contributed by atoms with van der Waals surface area (Å²) in [6.07, 6.45) is 1.86. The van der Waals surface area contributed by atoms with E-state index in [-0.39, 0.29) is 5.41 Å². The van der Waals surface area contributed by atoms with E-state index in [0.29, 0.717) is 0 Å². The SMILES string of the molecule is Cc1nc2cc(C(C)(C)C)ncc2[nH]1. The number of nitrogens with zero attached hydrogens (tertiary/aromatic N) is 2. The van der Waals surface area contributed by atoms with Gasteiger partial charge in [0.25, 0.3) is 0 Å². The monoisotopic (exact) mass is 189 g/mol. The fourth-order valence-corrected chi connectivity index (χ4v) is 1.45. The van der Waals surface area contributed by atoms with Crippen LogP contribution in [-0.2, 0) is 5.41 Å². The number of aromatic nitrogens is 3. The minimum atomic E-state index is 0.0844. The summed E-state index contributed by atoms with van der Waals surface area (Å²) in [6.45, 7) is 8.42. The van der Waals surface area contributed by atoms with Crippen molar-refractivity contribution in [1.29, 1.82) is 0 Å². The minimum absolute atomic E-state index is 0.0844. The minimum Gasteiger partial charge on any atom is -0.341 e. The molecule has 14 heavy (non-hydrogen) atoms. The number of rotatable bonds is 0. The molecule has 2 aromatic rings. The predicted octanol–water partition coefficient (Wildman–Crippen LogP) is 2.56. The fraction of sp³-hybridized carbons (Fsp3) is 0.455. The standard InChI is InChI=1S/C11H15N3/c1-7-13-8-5-10(11(2,3)4)12-6-9(8)14-7/h5-6H,1-4H3,(H,13,14). The summed E-state index contributed by atoms with van der Waals surface area (Å²) in [5.74, 6) is 0.938. The van der Waals surface area contributed by atoms with Gasteiger partial charge in [0.05, 0.1) is 17.2 Å². The molecule has 74 valence electrons. The zero-order valence-corrected chi connectivity index (χ0v) is 9.05. The Morgan fingerprint density at radius 2 is 2.00 bits per heavy atom. The quantitative estimate of drug-likeness (QED) is 0.692. The van der Waals surface area contributed by atoms with Crippen molar-refractivity contribution in [2.45, 2.75) is 33.1 Å². The summed E-state index contributed by atoms with van der Waals surface area (Å²) >= 11 is 0. The molecule has 2 rings (SSSR count). The Hall–Kier alpha value is -1.38. The Labute approximate surface area is 83.6 Å². The summed E-state index contributed by atoms with van der Waals surface area (Å²) in [6, 6.07) is 2.05. The van der Waals surface area contributed by atoms with Gasteiger partial charge in [0, 0.05) is 11.1 Å². The van der Waals surface area contributed by atoms with Crippen LogP contribution in [0.2, 0.25) is 0 Å². The molecule has 0 aliphatic rings. The molecule has 0 aromatic carbocycles. The third-order valence-electron chi connectivity index (χ3n) is 2.25. The molecule has 0 aliphatic carbocycles. The molecular formula is C11H15N3. The zero-order chi connectivity index (χ0) is 10.3. The number of aromatic amines is 1. The number of pyridine rings is 1. The van der Waals surface area contributed by atoms with Gasteiger partial charge in [-0.25, -0.2) is 4.98 Å². The first-order valence-electron chi connectivity index (χ1n) is 4.80. The maximum atomic E-state index is 4.42. The van der Waals surface area contributed by atoms with Crippen molar-refractivity contribution in [2.75, 3.05) is 0 Å². The van der Waals surface area contributed by atoms with Crippen molar-refractivity contribution in [1.82, 2.24) is 15.0 Å². The van der Waals surface area contributed by atoms with Gasteiger partial charge in [-0.05, 0) is 13.0 Å². The zero-order valence-electron chi connectivity index (χ0n) is 9.05. The lowest BCUT2D eigenvalue weighted by Crippen LogP contribution is -2.12. The predicted molar refractivity (Wildman–Crippen MR) is 57.3 cm³/mol. The second-order valence-electron chi connectivity index (χ2n) is 4.66. The number of nitrogens with one attached hydrogen (secondary N) is 1. The van der Waals surface area contributed by atoms with Gasteiger partial charge in [-0.2, -0.15) is 0 Å². The van der Waals surface area contributed by atoms with Crippen molar-refractivity contribution in [3.63, 3.8) is 0 Å². The number of H-pyrrole nitrogens is 1. The number of imidazole rings is 1. The van der Waals surface area contributed by atoms with Crippen LogP contribution in [0.1, 0.15) is 32.3 Å². The maximum Gasteiger partial charge on any atom is 0.104 e. The van der Waals surface area contributed by atoms with Crippen LogP contribution in [-0.4, -0.2) is 15.0 Å². The van der Waals surface area contributed by atoms with E-state index in [1.54, 1.807) is 0 Å². The van der Waals surface area contributed by atoms with Crippen LogP contribution in [0.25, 0.3) is 11.0 Å². The van der Waals surface area contributed by atoms with Crippen LogP contribution in [0.15, 0.2) is 12.3 Å². The van der Waals surface area contributed by atoms with Crippen molar-refractivity contribution in [3.05, 3.63) is 23.8 Å². The van der Waals surface area contributed by atoms with E-state index in [1.807, 2.05) is 13.1 Å². The van der Waals surface area contributed by atoms with Crippen LogP contribution < -0.4 is 0 Å². The molecule has 0 radical (unpaired) electrons. The maximum absolute atomic E-state index is 4.42. The van der Waals surface area contributed by atoms with Gasteiger partial charge in [-0.1, -0.05) is 20.8 Å². The molecule has 0 fully saturated rings. The molecule has 0 saturated heterocycles. The van der Waals surface area contributed by atoms with Crippen molar-refractivity contribution in [2.24, 2.45) is 0 Å². The molecule has 1 N–H and O–H groups in total. The number of hydrogen-bond donors (Lipinski definition) is 1. The van der Waals surface area contributed by atoms with Crippen molar-refractivity contribution in [3.8, 4) is 0 Å². The van der Waals surface area contributed by atoms with Crippen molar-refractivity contribution >= 4 is 11.0 Å². The molecule has 0 bridgehead atoms. The highest BCUT2D eigenvalue weighted by Crippen LogP contribution is 2.22. The van der Waals surface area contributed by atoms with E-state index in [1.165, 1.54) is 0 Å². The van der Waals surface area contributed by atoms with Gasteiger partial charge in [0.1, 0.15) is 5.82 Å². The Bertz CT molecular complexity index is 463. The summed E-state index contributed by atoms with van der Waals surface area (Å²) in [5.41, 5.74) is 3.18. The first kappa shape index (κ1) is 9.19. The molecule has 0 amide bonds. The van der Waals surface area contributed by atoms with E-state index >= 15 is 0 Å². The topological polar surface area (TPSA) is 41.6 Å². The normalized spacial score (nSPS) is 12.3. The van der Waals surface area contributed by atoms with Gasteiger partial charge in [0.2, 0.25) is 0 Å². The molecule has 0 atom stereocenters. The first-order chi connectivity index (χ1) is 6.47. The second kappa shape index (κ2) is 2.80. The molecule has 0 saturated carbocycles. The largest absolute Gasteiger partial charge is 0.341 e. The summed E-state index contributed by atoms with van der Waals surface area (Å²) in [7, 11) is 0. The summed E-state index contributed by atoms with van der Waals surface area (Å²) < 4.78 is 0. The average molecular weight is 189 g/mol.